The van der Waals surface area contributed by atoms with Crippen molar-refractivity contribution in [2.45, 2.75) is 12.2 Å². The van der Waals surface area contributed by atoms with Crippen LogP contribution in [-0.2, 0) is 9.59 Å². The average Bonchev–Trinajstić information content (AvgIpc) is 1.63. The summed E-state index contributed by atoms with van der Waals surface area (Å²) in [6, 6.07) is 0. The maximum absolute atomic E-state index is 9.85. The fraction of sp³-hybridized carbons (Fsp3) is 0.500. The van der Waals surface area contributed by atoms with Crippen molar-refractivity contribution in [1.29, 1.82) is 0 Å². The molecule has 0 heterocycles. The first-order chi connectivity index (χ1) is 4.04. The second-order valence-electron chi connectivity index (χ2n) is 1.54. The van der Waals surface area contributed by atoms with Crippen LogP contribution < -0.4 is 29.6 Å². The van der Waals surface area contributed by atoms with Gasteiger partial charge < -0.3 is 11.6 Å². The molecule has 0 saturated carbocycles. The zero-order valence-electron chi connectivity index (χ0n) is 6.57. The summed E-state index contributed by atoms with van der Waals surface area (Å²) in [7, 11) is 4.84. The molecule has 10 heavy (non-hydrogen) atoms. The van der Waals surface area contributed by atoms with Crippen LogP contribution in [0, 0.1) is 0 Å². The van der Waals surface area contributed by atoms with Gasteiger partial charge in [-0.15, -0.1) is 0 Å². The second-order valence-corrected chi connectivity index (χ2v) is 1.54. The van der Waals surface area contributed by atoms with Crippen LogP contribution in [0.1, 0.15) is 7.85 Å². The molecular formula is C4H6BNaO4. The van der Waals surface area contributed by atoms with Gasteiger partial charge in [0.1, 0.15) is 0 Å². The molecule has 0 aromatic rings. The second kappa shape index (κ2) is 5.76. The van der Waals surface area contributed by atoms with Crippen LogP contribution >= 0.6 is 0 Å². The number of aliphatic carboxylic acids is 2. The van der Waals surface area contributed by atoms with E-state index in [9.17, 15) is 9.59 Å². The third-order valence-corrected chi connectivity index (χ3v) is 0.712. The minimum Gasteiger partial charge on any atom is -1.00 e. The van der Waals surface area contributed by atoms with E-state index in [-0.39, 0.29) is 31.0 Å². The van der Waals surface area contributed by atoms with Gasteiger partial charge in [-0.25, -0.2) is 0 Å². The first-order valence-corrected chi connectivity index (χ1v) is 2.24. The number of rotatable bonds is 3. The molecule has 0 aromatic carbocycles. The number of carboxylic acids is 2. The van der Waals surface area contributed by atoms with Crippen molar-refractivity contribution in [2.24, 2.45) is 0 Å². The van der Waals surface area contributed by atoms with Gasteiger partial charge >= 0.3 is 35.5 Å². The van der Waals surface area contributed by atoms with Crippen molar-refractivity contribution in [1.82, 2.24) is 0 Å². The smallest absolute Gasteiger partial charge is 1.00 e. The van der Waals surface area contributed by atoms with Crippen molar-refractivity contribution in [2.75, 3.05) is 0 Å². The standard InChI is InChI=1S/C4H5BO4.Na.H/c5-2(4(8)9)1-3(6)7;;/h2H,1H2,(H,6,7)(H,8,9);;/q;+1;-1. The normalized spacial score (nSPS) is 11.2. The monoisotopic (exact) mass is 152 g/mol. The van der Waals surface area contributed by atoms with Crippen molar-refractivity contribution in [3.8, 4) is 0 Å². The summed E-state index contributed by atoms with van der Waals surface area (Å²) in [6.07, 6.45) is -0.532. The van der Waals surface area contributed by atoms with Crippen molar-refractivity contribution < 1.29 is 50.8 Å². The Kier molecular flexibility index (Phi) is 7.30. The van der Waals surface area contributed by atoms with Gasteiger partial charge in [-0.1, -0.05) is 0 Å². The minimum absolute atomic E-state index is 0. The Labute approximate surface area is 82.8 Å². The Morgan fingerprint density at radius 2 is 1.90 bits per heavy atom. The summed E-state index contributed by atoms with van der Waals surface area (Å²) in [5, 5.41) is 16.0. The predicted molar refractivity (Wildman–Crippen MR) is 30.5 cm³/mol. The van der Waals surface area contributed by atoms with Crippen LogP contribution in [-0.4, -0.2) is 30.0 Å². The van der Waals surface area contributed by atoms with Crippen LogP contribution in [0.5, 0.6) is 0 Å². The van der Waals surface area contributed by atoms with E-state index in [4.69, 9.17) is 18.1 Å². The summed E-state index contributed by atoms with van der Waals surface area (Å²) >= 11 is 0. The van der Waals surface area contributed by atoms with E-state index in [1.54, 1.807) is 0 Å². The molecule has 6 heteroatoms. The zero-order valence-corrected chi connectivity index (χ0v) is 7.57. The van der Waals surface area contributed by atoms with Crippen molar-refractivity contribution in [3.63, 3.8) is 0 Å². The molecule has 0 fully saturated rings. The zero-order chi connectivity index (χ0) is 7.44. The van der Waals surface area contributed by atoms with E-state index < -0.39 is 24.2 Å². The maximum atomic E-state index is 9.85. The molecule has 2 N–H and O–H groups in total. The van der Waals surface area contributed by atoms with Crippen molar-refractivity contribution in [3.05, 3.63) is 0 Å². The van der Waals surface area contributed by atoms with E-state index in [1.165, 1.54) is 0 Å². The molecule has 0 rings (SSSR count). The van der Waals surface area contributed by atoms with Crippen LogP contribution in [0.15, 0.2) is 0 Å². The van der Waals surface area contributed by atoms with Gasteiger partial charge in [0.15, 0.2) is 0 Å². The Balaban J connectivity index is -0.000000320. The first kappa shape index (κ1) is 12.7. The summed E-state index contributed by atoms with van der Waals surface area (Å²) in [4.78, 5) is 19.6. The quantitative estimate of drug-likeness (QED) is 0.413. The van der Waals surface area contributed by atoms with Gasteiger partial charge in [0, 0.05) is 5.82 Å². The molecule has 0 bridgehead atoms. The van der Waals surface area contributed by atoms with Crippen LogP contribution in [0.2, 0.25) is 5.82 Å². The largest absolute Gasteiger partial charge is 1.00 e. The fourth-order valence-corrected chi connectivity index (χ4v) is 0.275. The van der Waals surface area contributed by atoms with Gasteiger partial charge in [-0.3, -0.25) is 9.59 Å². The predicted octanol–water partition coefficient (Wildman–Crippen LogP) is -3.38. The topological polar surface area (TPSA) is 74.6 Å². The third kappa shape index (κ3) is 6.13. The minimum atomic E-state index is -1.29. The Hall–Kier alpha value is 0.00494. The number of hydrogen-bond donors (Lipinski definition) is 2. The molecule has 0 saturated heterocycles. The molecule has 4 nitrogen and oxygen atoms in total. The SMILES string of the molecule is [B]C(CC(=O)O)C(=O)O.[H-].[Na+]. The van der Waals surface area contributed by atoms with Crippen molar-refractivity contribution >= 4 is 19.8 Å². The Bertz CT molecular complexity index is 142. The number of hydrogen-bond acceptors (Lipinski definition) is 2. The van der Waals surface area contributed by atoms with E-state index >= 15 is 0 Å². The fourth-order valence-electron chi connectivity index (χ4n) is 0.275. The molecule has 0 aliphatic heterocycles. The van der Waals surface area contributed by atoms with E-state index in [2.05, 4.69) is 0 Å². The van der Waals surface area contributed by atoms with E-state index in [0.29, 0.717) is 0 Å². The molecule has 2 radical (unpaired) electrons. The maximum Gasteiger partial charge on any atom is 1.00 e. The molecule has 1 atom stereocenters. The van der Waals surface area contributed by atoms with Gasteiger partial charge in [-0.05, 0) is 0 Å². The molecule has 0 aliphatic rings. The Morgan fingerprint density at radius 3 is 2.00 bits per heavy atom. The Morgan fingerprint density at radius 1 is 1.50 bits per heavy atom. The summed E-state index contributed by atoms with van der Waals surface area (Å²) in [5.41, 5.74) is 0. The molecule has 1 unspecified atom stereocenters. The number of carboxylic acid groups (broad SMARTS) is 2. The molecule has 0 amide bonds. The van der Waals surface area contributed by atoms with E-state index in [1.807, 2.05) is 0 Å². The molecular weight excluding hydrogens is 146 g/mol. The summed E-state index contributed by atoms with van der Waals surface area (Å²) in [6.45, 7) is 0. The summed E-state index contributed by atoms with van der Waals surface area (Å²) in [5.74, 6) is -3.79. The summed E-state index contributed by atoms with van der Waals surface area (Å²) < 4.78 is 0. The molecule has 0 aliphatic carbocycles. The van der Waals surface area contributed by atoms with E-state index in [0.717, 1.165) is 0 Å². The first-order valence-electron chi connectivity index (χ1n) is 2.24. The molecule has 0 aromatic heterocycles. The third-order valence-electron chi connectivity index (χ3n) is 0.712. The van der Waals surface area contributed by atoms with Crippen LogP contribution in [0.4, 0.5) is 0 Å². The van der Waals surface area contributed by atoms with Gasteiger partial charge in [0.05, 0.1) is 14.3 Å². The average molecular weight is 152 g/mol. The van der Waals surface area contributed by atoms with Gasteiger partial charge in [0.2, 0.25) is 0 Å². The molecule has 50 valence electrons. The molecule has 0 spiro atoms. The number of carbonyl (C=O) groups is 2. The van der Waals surface area contributed by atoms with Gasteiger partial charge in [-0.2, -0.15) is 0 Å². The van der Waals surface area contributed by atoms with Gasteiger partial charge in [0.25, 0.3) is 5.97 Å². The van der Waals surface area contributed by atoms with Crippen LogP contribution in [0.25, 0.3) is 0 Å². The van der Waals surface area contributed by atoms with Crippen LogP contribution in [0.3, 0.4) is 0 Å².